The van der Waals surface area contributed by atoms with Crippen LogP contribution in [0.3, 0.4) is 0 Å². The Kier molecular flexibility index (Phi) is 5.35. The third-order valence-electron chi connectivity index (χ3n) is 4.95. The van der Waals surface area contributed by atoms with Gasteiger partial charge in [0, 0.05) is 6.54 Å². The lowest BCUT2D eigenvalue weighted by atomic mass is 10.1. The molecule has 138 valence electrons. The minimum absolute atomic E-state index is 0.283. The molecule has 1 aliphatic heterocycles. The molecule has 1 amide bonds. The topological polar surface area (TPSA) is 95.3 Å². The van der Waals surface area contributed by atoms with E-state index in [4.69, 9.17) is 0 Å². The van der Waals surface area contributed by atoms with Crippen LogP contribution in [0.15, 0.2) is 35.4 Å². The predicted molar refractivity (Wildman–Crippen MR) is 94.3 cm³/mol. The zero-order valence-corrected chi connectivity index (χ0v) is 14.8. The van der Waals surface area contributed by atoms with Crippen LogP contribution in [0.2, 0.25) is 0 Å². The summed E-state index contributed by atoms with van der Waals surface area (Å²) in [6, 6.07) is 5.31. The van der Waals surface area contributed by atoms with E-state index in [0.29, 0.717) is 36.7 Å². The molecule has 2 heterocycles. The molecular weight excluding hydrogens is 334 g/mol. The van der Waals surface area contributed by atoms with E-state index in [1.165, 1.54) is 15.8 Å². The van der Waals surface area contributed by atoms with Crippen LogP contribution in [0.4, 0.5) is 0 Å². The number of carboxylic acids is 1. The van der Waals surface area contributed by atoms with Crippen molar-refractivity contribution in [3.63, 3.8) is 0 Å². The first-order valence-corrected chi connectivity index (χ1v) is 9.01. The van der Waals surface area contributed by atoms with E-state index >= 15 is 0 Å². The summed E-state index contributed by atoms with van der Waals surface area (Å²) in [7, 11) is 0. The molecular formula is C19H22N3O4-. The van der Waals surface area contributed by atoms with Crippen molar-refractivity contribution >= 4 is 22.8 Å². The average Bonchev–Trinajstić information content (AvgIpc) is 3.13. The zero-order valence-electron chi connectivity index (χ0n) is 14.8. The Balaban J connectivity index is 2.01. The lowest BCUT2D eigenvalue weighted by molar-refractivity contribution is -0.310. The fraction of sp³-hybridized carbons (Fsp3) is 0.474. The number of aliphatic carboxylic acids is 1. The molecule has 26 heavy (non-hydrogen) atoms. The van der Waals surface area contributed by atoms with Crippen molar-refractivity contribution < 1.29 is 14.7 Å². The van der Waals surface area contributed by atoms with Crippen LogP contribution in [-0.2, 0) is 9.59 Å². The molecule has 3 rings (SSSR count). The monoisotopic (exact) mass is 356 g/mol. The van der Waals surface area contributed by atoms with Crippen LogP contribution in [0.5, 0.6) is 0 Å². The van der Waals surface area contributed by atoms with E-state index in [0.717, 1.165) is 12.8 Å². The fourth-order valence-corrected chi connectivity index (χ4v) is 3.55. The number of nitrogens with zero attached hydrogens (tertiary/aromatic N) is 3. The van der Waals surface area contributed by atoms with Crippen LogP contribution in [0, 0.1) is 0 Å². The van der Waals surface area contributed by atoms with Gasteiger partial charge in [0.05, 0.1) is 29.2 Å². The highest BCUT2D eigenvalue weighted by Crippen LogP contribution is 2.24. The maximum absolute atomic E-state index is 13.1. The third kappa shape index (κ3) is 3.34. The number of hydrogen-bond acceptors (Lipinski definition) is 5. The Hall–Kier alpha value is -2.70. The van der Waals surface area contributed by atoms with Crippen LogP contribution < -0.4 is 10.7 Å². The van der Waals surface area contributed by atoms with Crippen molar-refractivity contribution in [3.05, 3.63) is 40.9 Å². The molecule has 7 nitrogen and oxygen atoms in total. The van der Waals surface area contributed by atoms with E-state index < -0.39 is 18.1 Å². The molecule has 0 bridgehead atoms. The molecule has 0 unspecified atom stereocenters. The first-order chi connectivity index (χ1) is 12.5. The number of carbonyl (C=O) groups excluding carboxylic acids is 2. The summed E-state index contributed by atoms with van der Waals surface area (Å²) in [5.41, 5.74) is 0.290. The summed E-state index contributed by atoms with van der Waals surface area (Å²) in [6.07, 6.45) is 4.48. The van der Waals surface area contributed by atoms with Crippen molar-refractivity contribution in [2.75, 3.05) is 6.54 Å². The predicted octanol–water partition coefficient (Wildman–Crippen LogP) is 0.869. The molecule has 1 saturated heterocycles. The van der Waals surface area contributed by atoms with E-state index in [1.807, 2.05) is 6.92 Å². The van der Waals surface area contributed by atoms with Gasteiger partial charge in [0.25, 0.3) is 5.56 Å². The minimum Gasteiger partial charge on any atom is -0.548 e. The van der Waals surface area contributed by atoms with E-state index in [1.54, 1.807) is 24.3 Å². The van der Waals surface area contributed by atoms with Gasteiger partial charge in [0.15, 0.2) is 0 Å². The molecule has 2 aromatic rings. The molecule has 1 aliphatic rings. The van der Waals surface area contributed by atoms with Gasteiger partial charge in [-0.25, -0.2) is 4.98 Å². The van der Waals surface area contributed by atoms with Gasteiger partial charge in [-0.1, -0.05) is 31.9 Å². The van der Waals surface area contributed by atoms with Crippen LogP contribution in [0.1, 0.15) is 45.1 Å². The number of benzene rings is 1. The quantitative estimate of drug-likeness (QED) is 0.765. The van der Waals surface area contributed by atoms with Crippen LogP contribution in [0.25, 0.3) is 10.9 Å². The number of carbonyl (C=O) groups is 2. The minimum atomic E-state index is -1.24. The van der Waals surface area contributed by atoms with E-state index in [-0.39, 0.29) is 11.5 Å². The molecule has 1 aromatic heterocycles. The highest BCUT2D eigenvalue weighted by atomic mass is 16.4. The second-order valence-electron chi connectivity index (χ2n) is 6.64. The highest BCUT2D eigenvalue weighted by Gasteiger charge is 2.34. The van der Waals surface area contributed by atoms with E-state index in [9.17, 15) is 19.5 Å². The molecule has 1 aromatic carbocycles. The van der Waals surface area contributed by atoms with Gasteiger partial charge in [-0.05, 0) is 31.4 Å². The first kappa shape index (κ1) is 18.1. The van der Waals surface area contributed by atoms with Crippen LogP contribution >= 0.6 is 0 Å². The lowest BCUT2D eigenvalue weighted by Crippen LogP contribution is -2.49. The van der Waals surface area contributed by atoms with Crippen molar-refractivity contribution in [1.29, 1.82) is 0 Å². The van der Waals surface area contributed by atoms with E-state index in [2.05, 4.69) is 4.98 Å². The van der Waals surface area contributed by atoms with Crippen molar-refractivity contribution in [2.24, 2.45) is 0 Å². The summed E-state index contributed by atoms with van der Waals surface area (Å²) in [4.78, 5) is 43.0. The summed E-state index contributed by atoms with van der Waals surface area (Å²) < 4.78 is 1.35. The second kappa shape index (κ2) is 7.68. The number of para-hydroxylation sites is 1. The summed E-state index contributed by atoms with van der Waals surface area (Å²) in [5.74, 6) is -1.58. The molecule has 0 spiro atoms. The number of aromatic nitrogens is 2. The van der Waals surface area contributed by atoms with Crippen molar-refractivity contribution in [2.45, 2.75) is 51.1 Å². The number of unbranched alkanes of at least 4 members (excludes halogenated alkanes) is 1. The maximum atomic E-state index is 13.1. The molecule has 0 saturated carbocycles. The van der Waals surface area contributed by atoms with Gasteiger partial charge in [-0.15, -0.1) is 0 Å². The van der Waals surface area contributed by atoms with Gasteiger partial charge in [-0.3, -0.25) is 14.2 Å². The van der Waals surface area contributed by atoms with Crippen molar-refractivity contribution in [1.82, 2.24) is 14.5 Å². The smallest absolute Gasteiger partial charge is 0.261 e. The van der Waals surface area contributed by atoms with Gasteiger partial charge in [0.2, 0.25) is 5.91 Å². The van der Waals surface area contributed by atoms with Gasteiger partial charge < -0.3 is 14.8 Å². The number of rotatable bonds is 6. The normalized spacial score (nSPS) is 18.2. The summed E-state index contributed by atoms with van der Waals surface area (Å²) in [6.45, 7) is 2.37. The Morgan fingerprint density at radius 3 is 2.85 bits per heavy atom. The number of carboxylic acid groups (broad SMARTS) is 1. The van der Waals surface area contributed by atoms with Gasteiger partial charge in [-0.2, -0.15) is 0 Å². The number of hydrogen-bond donors (Lipinski definition) is 0. The Bertz CT molecular complexity index is 876. The highest BCUT2D eigenvalue weighted by molar-refractivity contribution is 5.86. The first-order valence-electron chi connectivity index (χ1n) is 9.01. The Morgan fingerprint density at radius 1 is 1.35 bits per heavy atom. The number of likely N-dealkylation sites (tertiary alicyclic amines) is 1. The largest absolute Gasteiger partial charge is 0.548 e. The zero-order chi connectivity index (χ0) is 18.7. The summed E-state index contributed by atoms with van der Waals surface area (Å²) in [5, 5.41) is 11.8. The average molecular weight is 356 g/mol. The molecule has 0 aliphatic carbocycles. The van der Waals surface area contributed by atoms with Crippen molar-refractivity contribution in [3.8, 4) is 0 Å². The Labute approximate surface area is 151 Å². The maximum Gasteiger partial charge on any atom is 0.261 e. The van der Waals surface area contributed by atoms with Gasteiger partial charge in [0.1, 0.15) is 6.04 Å². The molecule has 2 atom stereocenters. The molecule has 7 heteroatoms. The number of amides is 1. The molecule has 0 radical (unpaired) electrons. The second-order valence-corrected chi connectivity index (χ2v) is 6.64. The van der Waals surface area contributed by atoms with Crippen LogP contribution in [-0.4, -0.2) is 38.9 Å². The molecule has 1 fully saturated rings. The SMILES string of the molecule is CCCC[C@H](C(=O)N1CCC[C@@H]1C(=O)[O-])n1cnc2ccccc2c1=O. The molecule has 0 N–H and O–H groups in total. The van der Waals surface area contributed by atoms with Gasteiger partial charge >= 0.3 is 0 Å². The third-order valence-corrected chi connectivity index (χ3v) is 4.95. The fourth-order valence-electron chi connectivity index (χ4n) is 3.55. The standard InChI is InChI=1S/C19H23N3O4/c1-2-3-9-15(18(24)21-11-6-10-16(21)19(25)26)22-12-20-14-8-5-4-7-13(14)17(22)23/h4-5,7-8,12,15-16H,2-3,6,9-11H2,1H3,(H,25,26)/p-1/t15-,16-/m1/s1. The lowest BCUT2D eigenvalue weighted by Gasteiger charge is -2.30. The Morgan fingerprint density at radius 2 is 2.12 bits per heavy atom. The number of fused-ring (bicyclic) bond motifs is 1. The summed E-state index contributed by atoms with van der Waals surface area (Å²) >= 11 is 0.